The van der Waals surface area contributed by atoms with Crippen molar-refractivity contribution >= 4 is 11.7 Å². The Morgan fingerprint density at radius 3 is 2.63 bits per heavy atom. The van der Waals surface area contributed by atoms with Crippen LogP contribution < -0.4 is 9.64 Å². The van der Waals surface area contributed by atoms with Crippen LogP contribution in [0.5, 0.6) is 5.88 Å². The van der Waals surface area contributed by atoms with Gasteiger partial charge in [-0.3, -0.25) is 4.79 Å². The molecule has 0 spiro atoms. The summed E-state index contributed by atoms with van der Waals surface area (Å²) in [6.07, 6.45) is 5.39. The summed E-state index contributed by atoms with van der Waals surface area (Å²) in [7, 11) is 1.58. The first-order valence-electron chi connectivity index (χ1n) is 12.1. The Bertz CT molecular complexity index is 1160. The summed E-state index contributed by atoms with van der Waals surface area (Å²) in [6, 6.07) is 6.66. The predicted octanol–water partition coefficient (Wildman–Crippen LogP) is 3.27. The second kappa shape index (κ2) is 11.2. The number of rotatable bonds is 9. The highest BCUT2D eigenvalue weighted by molar-refractivity contribution is 5.76. The molecule has 4 rings (SSSR count). The fraction of sp³-hybridized carbons (Fsp3) is 0.480. The second-order valence-electron chi connectivity index (χ2n) is 8.72. The summed E-state index contributed by atoms with van der Waals surface area (Å²) in [4.78, 5) is 30.2. The first-order valence-corrected chi connectivity index (χ1v) is 12.1. The van der Waals surface area contributed by atoms with Gasteiger partial charge in [-0.15, -0.1) is 0 Å². The highest BCUT2D eigenvalue weighted by atomic mass is 19.1. The number of halogens is 1. The van der Waals surface area contributed by atoms with Crippen LogP contribution in [0.15, 0.2) is 30.6 Å². The molecule has 1 fully saturated rings. The number of hydrogen-bond acceptors (Lipinski definition) is 7. The number of ether oxygens (including phenoxy) is 1. The number of hydrogen-bond donors (Lipinski definition) is 0. The first kappa shape index (κ1) is 24.6. The lowest BCUT2D eigenvalue weighted by molar-refractivity contribution is -0.132. The highest BCUT2D eigenvalue weighted by Gasteiger charge is 2.24. The van der Waals surface area contributed by atoms with Crippen LogP contribution in [0.4, 0.5) is 10.2 Å². The largest absolute Gasteiger partial charge is 0.481 e. The van der Waals surface area contributed by atoms with Gasteiger partial charge in [0.2, 0.25) is 11.8 Å². The van der Waals surface area contributed by atoms with Crippen LogP contribution in [-0.2, 0) is 17.8 Å². The number of carbonyl (C=O) groups excluding carboxylic acids is 1. The molecule has 0 aliphatic carbocycles. The van der Waals surface area contributed by atoms with E-state index in [0.29, 0.717) is 43.4 Å². The van der Waals surface area contributed by atoms with E-state index in [1.807, 2.05) is 4.90 Å². The highest BCUT2D eigenvalue weighted by Crippen LogP contribution is 2.21. The number of unbranched alkanes of at least 4 members (excludes halogenated alkanes) is 2. The Morgan fingerprint density at radius 1 is 1.11 bits per heavy atom. The monoisotopic (exact) mass is 481 g/mol. The molecule has 186 valence electrons. The lowest BCUT2D eigenvalue weighted by Gasteiger charge is -2.35. The molecule has 1 aliphatic heterocycles. The molecule has 2 aromatic heterocycles. The molecule has 1 amide bonds. The molecule has 0 bridgehead atoms. The molecule has 35 heavy (non-hydrogen) atoms. The van der Waals surface area contributed by atoms with Crippen LogP contribution in [-0.4, -0.2) is 68.8 Å². The standard InChI is InChI=1S/C25H32FN7O2/c1-4-5-6-7-21-29-25(19-8-9-20(26)18(2)14-19)30-33(21)16-24(34)32-12-10-31(11-13-32)22-15-23(35-3)28-17-27-22/h8-9,14-15,17H,4-7,10-13,16H2,1-3H3. The predicted molar refractivity (Wildman–Crippen MR) is 131 cm³/mol. The van der Waals surface area contributed by atoms with E-state index in [9.17, 15) is 9.18 Å². The van der Waals surface area contributed by atoms with Gasteiger partial charge in [-0.2, -0.15) is 5.10 Å². The van der Waals surface area contributed by atoms with Gasteiger partial charge in [0.15, 0.2) is 5.82 Å². The third-order valence-electron chi connectivity index (χ3n) is 6.25. The number of benzene rings is 1. The van der Waals surface area contributed by atoms with E-state index >= 15 is 0 Å². The zero-order chi connectivity index (χ0) is 24.8. The van der Waals surface area contributed by atoms with Crippen LogP contribution in [0, 0.1) is 12.7 Å². The van der Waals surface area contributed by atoms with Gasteiger partial charge in [-0.1, -0.05) is 19.8 Å². The maximum atomic E-state index is 13.7. The fourth-order valence-corrected chi connectivity index (χ4v) is 4.15. The minimum atomic E-state index is -0.258. The number of nitrogens with zero attached hydrogens (tertiary/aromatic N) is 7. The Labute approximate surface area is 205 Å². The molecule has 0 atom stereocenters. The number of aromatic nitrogens is 5. The third-order valence-corrected chi connectivity index (χ3v) is 6.25. The van der Waals surface area contributed by atoms with Gasteiger partial charge >= 0.3 is 0 Å². The van der Waals surface area contributed by atoms with Gasteiger partial charge in [0.1, 0.15) is 30.3 Å². The van der Waals surface area contributed by atoms with E-state index in [1.54, 1.807) is 36.9 Å². The molecular formula is C25H32FN7O2. The molecule has 9 nitrogen and oxygen atoms in total. The van der Waals surface area contributed by atoms with E-state index in [2.05, 4.69) is 26.9 Å². The Kier molecular flexibility index (Phi) is 7.89. The lowest BCUT2D eigenvalue weighted by Crippen LogP contribution is -2.50. The van der Waals surface area contributed by atoms with Crippen molar-refractivity contribution in [2.24, 2.45) is 0 Å². The van der Waals surface area contributed by atoms with E-state index in [-0.39, 0.29) is 18.3 Å². The van der Waals surface area contributed by atoms with Crippen molar-refractivity contribution in [2.45, 2.75) is 46.1 Å². The van der Waals surface area contributed by atoms with Crippen molar-refractivity contribution in [2.75, 3.05) is 38.2 Å². The molecule has 1 aliphatic rings. The summed E-state index contributed by atoms with van der Waals surface area (Å²) in [5, 5.41) is 4.64. The average molecular weight is 482 g/mol. The summed E-state index contributed by atoms with van der Waals surface area (Å²) in [5.41, 5.74) is 1.29. The number of anilines is 1. The minimum Gasteiger partial charge on any atom is -0.481 e. The molecule has 0 saturated carbocycles. The molecule has 0 radical (unpaired) electrons. The SMILES string of the molecule is CCCCCc1nc(-c2ccc(F)c(C)c2)nn1CC(=O)N1CCN(c2cc(OC)ncn2)CC1. The number of aryl methyl sites for hydroxylation is 2. The quantitative estimate of drug-likeness (QED) is 0.433. The lowest BCUT2D eigenvalue weighted by atomic mass is 10.1. The fourth-order valence-electron chi connectivity index (χ4n) is 4.15. The summed E-state index contributed by atoms with van der Waals surface area (Å²) < 4.78 is 20.6. The third kappa shape index (κ3) is 5.93. The molecule has 3 heterocycles. The maximum absolute atomic E-state index is 13.7. The van der Waals surface area contributed by atoms with Crippen molar-refractivity contribution in [1.82, 2.24) is 29.6 Å². The summed E-state index contributed by atoms with van der Waals surface area (Å²) in [5.74, 6) is 2.37. The van der Waals surface area contributed by atoms with Crippen molar-refractivity contribution < 1.29 is 13.9 Å². The Morgan fingerprint density at radius 2 is 1.91 bits per heavy atom. The maximum Gasteiger partial charge on any atom is 0.244 e. The van der Waals surface area contributed by atoms with Crippen molar-refractivity contribution in [3.63, 3.8) is 0 Å². The summed E-state index contributed by atoms with van der Waals surface area (Å²) >= 11 is 0. The molecule has 0 unspecified atom stereocenters. The number of methoxy groups -OCH3 is 1. The number of piperazine rings is 1. The van der Waals surface area contributed by atoms with Gasteiger partial charge in [0.05, 0.1) is 7.11 Å². The van der Waals surface area contributed by atoms with Crippen LogP contribution in [0.25, 0.3) is 11.4 Å². The van der Waals surface area contributed by atoms with Crippen LogP contribution in [0.2, 0.25) is 0 Å². The van der Waals surface area contributed by atoms with Gasteiger partial charge in [-0.25, -0.2) is 24.0 Å². The summed E-state index contributed by atoms with van der Waals surface area (Å²) in [6.45, 7) is 6.54. The Balaban J connectivity index is 1.44. The molecule has 0 N–H and O–H groups in total. The van der Waals surface area contributed by atoms with Gasteiger partial charge in [0.25, 0.3) is 0 Å². The molecule has 1 saturated heterocycles. The van der Waals surface area contributed by atoms with Crippen molar-refractivity contribution in [1.29, 1.82) is 0 Å². The van der Waals surface area contributed by atoms with E-state index in [0.717, 1.165) is 42.9 Å². The van der Waals surface area contributed by atoms with Crippen LogP contribution in [0.1, 0.15) is 37.6 Å². The zero-order valence-corrected chi connectivity index (χ0v) is 20.6. The van der Waals surface area contributed by atoms with Crippen molar-refractivity contribution in [3.05, 3.63) is 47.8 Å². The molecule has 3 aromatic rings. The van der Waals surface area contributed by atoms with Gasteiger partial charge < -0.3 is 14.5 Å². The molecule has 10 heteroatoms. The minimum absolute atomic E-state index is 0.00777. The van der Waals surface area contributed by atoms with Crippen LogP contribution >= 0.6 is 0 Å². The Hall–Kier alpha value is -3.56. The number of carbonyl (C=O) groups is 1. The van der Waals surface area contributed by atoms with Crippen molar-refractivity contribution in [3.8, 4) is 17.3 Å². The smallest absolute Gasteiger partial charge is 0.244 e. The number of amides is 1. The topological polar surface area (TPSA) is 89.3 Å². The van der Waals surface area contributed by atoms with E-state index < -0.39 is 0 Å². The van der Waals surface area contributed by atoms with E-state index in [1.165, 1.54) is 12.4 Å². The zero-order valence-electron chi connectivity index (χ0n) is 20.6. The van der Waals surface area contributed by atoms with E-state index in [4.69, 9.17) is 9.72 Å². The van der Waals surface area contributed by atoms with Gasteiger partial charge in [0, 0.05) is 44.2 Å². The van der Waals surface area contributed by atoms with Crippen LogP contribution in [0.3, 0.4) is 0 Å². The average Bonchev–Trinajstić information content (AvgIpc) is 3.28. The first-order chi connectivity index (χ1) is 17.0. The second-order valence-corrected chi connectivity index (χ2v) is 8.72. The molecule has 1 aromatic carbocycles. The normalized spacial score (nSPS) is 13.8. The molecular weight excluding hydrogens is 449 g/mol. The van der Waals surface area contributed by atoms with Gasteiger partial charge in [-0.05, 0) is 37.1 Å².